The predicted molar refractivity (Wildman–Crippen MR) is 102 cm³/mol. The van der Waals surface area contributed by atoms with Crippen molar-refractivity contribution in [1.82, 2.24) is 20.1 Å². The van der Waals surface area contributed by atoms with Gasteiger partial charge in [0.25, 0.3) is 0 Å². The van der Waals surface area contributed by atoms with E-state index in [-0.39, 0.29) is 11.7 Å². The number of halogens is 1. The van der Waals surface area contributed by atoms with Crippen LogP contribution >= 0.6 is 0 Å². The maximum absolute atomic E-state index is 13.4. The number of carbonyl (C=O) groups is 1. The minimum atomic E-state index is -0.659. The summed E-state index contributed by atoms with van der Waals surface area (Å²) in [6.07, 6.45) is 6.38. The lowest BCUT2D eigenvalue weighted by Crippen LogP contribution is -2.48. The molecule has 1 aromatic heterocycles. The highest BCUT2D eigenvalue weighted by atomic mass is 19.1. The Bertz CT molecular complexity index is 812. The molecule has 0 bridgehead atoms. The van der Waals surface area contributed by atoms with Crippen LogP contribution in [0.2, 0.25) is 0 Å². The molecule has 4 rings (SSSR count). The molecular weight excluding hydrogens is 359 g/mol. The van der Waals surface area contributed by atoms with Crippen LogP contribution in [-0.4, -0.2) is 40.4 Å². The van der Waals surface area contributed by atoms with Gasteiger partial charge in [-0.3, -0.25) is 4.79 Å². The first kappa shape index (κ1) is 19.1. The molecule has 2 aromatic rings. The highest BCUT2D eigenvalue weighted by Crippen LogP contribution is 2.35. The van der Waals surface area contributed by atoms with Gasteiger partial charge in [0.15, 0.2) is 0 Å². The number of aryl methyl sites for hydroxylation is 1. The van der Waals surface area contributed by atoms with Crippen molar-refractivity contribution < 1.29 is 13.9 Å². The first-order valence-corrected chi connectivity index (χ1v) is 10.2. The zero-order valence-electron chi connectivity index (χ0n) is 16.1. The molecule has 2 aliphatic rings. The lowest BCUT2D eigenvalue weighted by Gasteiger charge is -2.36. The molecule has 6 nitrogen and oxygen atoms in total. The molecule has 0 aliphatic carbocycles. The van der Waals surface area contributed by atoms with Crippen LogP contribution in [0.1, 0.15) is 49.3 Å². The second-order valence-corrected chi connectivity index (χ2v) is 7.70. The number of benzene rings is 1. The SMILES string of the molecule is O=C(NCCc1nnc2n1CCCCC2)C1(c2ccc(F)cc2)CCOCC1. The van der Waals surface area contributed by atoms with Gasteiger partial charge in [-0.1, -0.05) is 18.6 Å². The third kappa shape index (κ3) is 3.81. The van der Waals surface area contributed by atoms with Crippen molar-refractivity contribution in [3.8, 4) is 0 Å². The Hall–Kier alpha value is -2.28. The molecule has 150 valence electrons. The average Bonchev–Trinajstić information content (AvgIpc) is 2.95. The molecule has 0 atom stereocenters. The number of hydrogen-bond acceptors (Lipinski definition) is 4. The van der Waals surface area contributed by atoms with Crippen molar-refractivity contribution in [2.75, 3.05) is 19.8 Å². The lowest BCUT2D eigenvalue weighted by molar-refractivity contribution is -0.130. The Balaban J connectivity index is 1.44. The van der Waals surface area contributed by atoms with E-state index in [1.165, 1.54) is 18.6 Å². The van der Waals surface area contributed by atoms with Gasteiger partial charge >= 0.3 is 0 Å². The lowest BCUT2D eigenvalue weighted by atomic mass is 9.73. The summed E-state index contributed by atoms with van der Waals surface area (Å²) in [4.78, 5) is 13.2. The Morgan fingerprint density at radius 2 is 1.93 bits per heavy atom. The van der Waals surface area contributed by atoms with Crippen molar-refractivity contribution in [3.63, 3.8) is 0 Å². The van der Waals surface area contributed by atoms with Crippen molar-refractivity contribution in [1.29, 1.82) is 0 Å². The van der Waals surface area contributed by atoms with E-state index in [1.54, 1.807) is 12.1 Å². The first-order chi connectivity index (χ1) is 13.7. The van der Waals surface area contributed by atoms with Gasteiger partial charge in [0, 0.05) is 39.1 Å². The molecule has 1 amide bonds. The highest BCUT2D eigenvalue weighted by molar-refractivity contribution is 5.88. The molecule has 1 fully saturated rings. The molecule has 1 saturated heterocycles. The van der Waals surface area contributed by atoms with E-state index >= 15 is 0 Å². The Labute approximate surface area is 164 Å². The molecule has 7 heteroatoms. The largest absolute Gasteiger partial charge is 0.381 e. The number of hydrogen-bond donors (Lipinski definition) is 1. The van der Waals surface area contributed by atoms with Gasteiger partial charge in [-0.05, 0) is 43.4 Å². The topological polar surface area (TPSA) is 69.0 Å². The van der Waals surface area contributed by atoms with Crippen LogP contribution in [0.25, 0.3) is 0 Å². The number of rotatable bonds is 5. The molecular formula is C21H27FN4O2. The zero-order chi connectivity index (χ0) is 19.4. The van der Waals surface area contributed by atoms with Gasteiger partial charge in [0.05, 0.1) is 5.41 Å². The monoisotopic (exact) mass is 386 g/mol. The number of fused-ring (bicyclic) bond motifs is 1. The fraction of sp³-hybridized carbons (Fsp3) is 0.571. The summed E-state index contributed by atoms with van der Waals surface area (Å²) >= 11 is 0. The summed E-state index contributed by atoms with van der Waals surface area (Å²) in [7, 11) is 0. The maximum atomic E-state index is 13.4. The average molecular weight is 386 g/mol. The quantitative estimate of drug-likeness (QED) is 0.858. The number of nitrogens with zero attached hydrogens (tertiary/aromatic N) is 3. The molecule has 0 radical (unpaired) electrons. The molecule has 2 aliphatic heterocycles. The van der Waals surface area contributed by atoms with Gasteiger partial charge in [0.1, 0.15) is 17.5 Å². The van der Waals surface area contributed by atoms with Crippen LogP contribution < -0.4 is 5.32 Å². The summed E-state index contributed by atoms with van der Waals surface area (Å²) < 4.78 is 21.1. The van der Waals surface area contributed by atoms with E-state index in [0.717, 1.165) is 43.0 Å². The van der Waals surface area contributed by atoms with Gasteiger partial charge in [-0.15, -0.1) is 10.2 Å². The van der Waals surface area contributed by atoms with Crippen molar-refractivity contribution in [2.24, 2.45) is 0 Å². The Morgan fingerprint density at radius 3 is 2.71 bits per heavy atom. The third-order valence-corrected chi connectivity index (χ3v) is 6.00. The van der Waals surface area contributed by atoms with Gasteiger partial charge in [0.2, 0.25) is 5.91 Å². The van der Waals surface area contributed by atoms with E-state index in [0.29, 0.717) is 39.0 Å². The zero-order valence-corrected chi connectivity index (χ0v) is 16.1. The smallest absolute Gasteiger partial charge is 0.230 e. The number of carbonyl (C=O) groups excluding carboxylic acids is 1. The second kappa shape index (κ2) is 8.39. The number of amides is 1. The predicted octanol–water partition coefficient (Wildman–Crippen LogP) is 2.55. The van der Waals surface area contributed by atoms with Crippen LogP contribution in [0, 0.1) is 5.82 Å². The molecule has 1 N–H and O–H groups in total. The van der Waals surface area contributed by atoms with E-state index < -0.39 is 5.41 Å². The van der Waals surface area contributed by atoms with Crippen LogP contribution in [0.4, 0.5) is 4.39 Å². The van der Waals surface area contributed by atoms with Crippen molar-refractivity contribution in [3.05, 3.63) is 47.3 Å². The number of nitrogens with one attached hydrogen (secondary N) is 1. The first-order valence-electron chi connectivity index (χ1n) is 10.2. The minimum Gasteiger partial charge on any atom is -0.381 e. The molecule has 0 saturated carbocycles. The van der Waals surface area contributed by atoms with Crippen LogP contribution in [0.3, 0.4) is 0 Å². The fourth-order valence-corrected chi connectivity index (χ4v) is 4.32. The van der Waals surface area contributed by atoms with Gasteiger partial charge in [-0.25, -0.2) is 4.39 Å². The minimum absolute atomic E-state index is 0.0157. The molecule has 28 heavy (non-hydrogen) atoms. The molecule has 3 heterocycles. The van der Waals surface area contributed by atoms with Crippen LogP contribution in [0.5, 0.6) is 0 Å². The molecule has 0 spiro atoms. The summed E-state index contributed by atoms with van der Waals surface area (Å²) in [6, 6.07) is 6.29. The summed E-state index contributed by atoms with van der Waals surface area (Å²) in [6.45, 7) is 2.54. The standard InChI is InChI=1S/C21H27FN4O2/c22-17-7-5-16(6-8-17)21(10-14-28-15-11-21)20(27)23-12-9-19-25-24-18-4-2-1-3-13-26(18)19/h5-8H,1-4,9-15H2,(H,23,27). The van der Waals surface area contributed by atoms with Gasteiger partial charge < -0.3 is 14.6 Å². The van der Waals surface area contributed by atoms with E-state index in [4.69, 9.17) is 4.74 Å². The third-order valence-electron chi connectivity index (χ3n) is 6.00. The summed E-state index contributed by atoms with van der Waals surface area (Å²) in [5.74, 6) is 1.70. The van der Waals surface area contributed by atoms with Gasteiger partial charge in [-0.2, -0.15) is 0 Å². The second-order valence-electron chi connectivity index (χ2n) is 7.70. The summed E-state index contributed by atoms with van der Waals surface area (Å²) in [5, 5.41) is 11.8. The Morgan fingerprint density at radius 1 is 1.14 bits per heavy atom. The normalized spacial score (nSPS) is 18.9. The van der Waals surface area contributed by atoms with Crippen LogP contribution in [0.15, 0.2) is 24.3 Å². The highest BCUT2D eigenvalue weighted by Gasteiger charge is 2.41. The van der Waals surface area contributed by atoms with E-state index in [1.807, 2.05) is 0 Å². The van der Waals surface area contributed by atoms with Crippen molar-refractivity contribution in [2.45, 2.75) is 56.9 Å². The van der Waals surface area contributed by atoms with Crippen molar-refractivity contribution >= 4 is 5.91 Å². The van der Waals surface area contributed by atoms with Crippen LogP contribution in [-0.2, 0) is 34.3 Å². The van der Waals surface area contributed by atoms with E-state index in [9.17, 15) is 9.18 Å². The Kier molecular flexibility index (Phi) is 5.71. The number of ether oxygens (including phenoxy) is 1. The summed E-state index contributed by atoms with van der Waals surface area (Å²) in [5.41, 5.74) is 0.194. The fourth-order valence-electron chi connectivity index (χ4n) is 4.32. The van der Waals surface area contributed by atoms with E-state index in [2.05, 4.69) is 20.1 Å². The maximum Gasteiger partial charge on any atom is 0.230 e. The molecule has 1 aromatic carbocycles. The molecule has 0 unspecified atom stereocenters. The number of aromatic nitrogens is 3.